The van der Waals surface area contributed by atoms with Gasteiger partial charge in [-0.05, 0) is 26.7 Å². The number of carbonyl (C=O) groups excluding carboxylic acids is 1. The van der Waals surface area contributed by atoms with E-state index in [2.05, 4.69) is 18.8 Å². The number of carbonyl (C=O) groups is 1. The van der Waals surface area contributed by atoms with E-state index in [1.165, 1.54) is 0 Å². The van der Waals surface area contributed by atoms with Crippen LogP contribution >= 0.6 is 0 Å². The van der Waals surface area contributed by atoms with Crippen LogP contribution in [0, 0.1) is 5.92 Å². The lowest BCUT2D eigenvalue weighted by atomic mass is 9.74. The zero-order valence-corrected chi connectivity index (χ0v) is 9.66. The second kappa shape index (κ2) is 4.08. The van der Waals surface area contributed by atoms with Gasteiger partial charge in [-0.3, -0.25) is 9.79 Å². The highest BCUT2D eigenvalue weighted by Gasteiger charge is 2.50. The first-order chi connectivity index (χ1) is 6.87. The first-order valence-corrected chi connectivity index (χ1v) is 5.20. The SMILES string of the molecule is CN1C(=O)[C@@H](CCCN=C(N)N)C1(C)C. The second-order valence-electron chi connectivity index (χ2n) is 4.55. The molecule has 86 valence electrons. The van der Waals surface area contributed by atoms with Crippen LogP contribution in [0.15, 0.2) is 4.99 Å². The van der Waals surface area contributed by atoms with Crippen LogP contribution in [0.2, 0.25) is 0 Å². The molecule has 0 bridgehead atoms. The molecule has 0 radical (unpaired) electrons. The fourth-order valence-corrected chi connectivity index (χ4v) is 1.97. The molecule has 1 rings (SSSR count). The number of rotatable bonds is 4. The standard InChI is InChI=1S/C10H20N4O/c1-10(2)7(8(15)14(10)3)5-4-6-13-9(11)12/h7H,4-6H2,1-3H3,(H4,11,12,13)/t7-/m1/s1. The average Bonchev–Trinajstić information content (AvgIpc) is 2.15. The molecule has 0 aromatic rings. The Bertz CT molecular complexity index is 281. The van der Waals surface area contributed by atoms with Gasteiger partial charge in [-0.25, -0.2) is 0 Å². The van der Waals surface area contributed by atoms with Crippen LogP contribution in [0.25, 0.3) is 0 Å². The van der Waals surface area contributed by atoms with Crippen molar-refractivity contribution in [3.63, 3.8) is 0 Å². The van der Waals surface area contributed by atoms with E-state index in [0.29, 0.717) is 6.54 Å². The predicted octanol–water partition coefficient (Wildman–Crippen LogP) is -0.0932. The highest BCUT2D eigenvalue weighted by Crippen LogP contribution is 2.38. The average molecular weight is 212 g/mol. The lowest BCUT2D eigenvalue weighted by Gasteiger charge is -2.52. The number of hydrogen-bond acceptors (Lipinski definition) is 2. The molecule has 1 fully saturated rings. The molecular formula is C10H20N4O. The van der Waals surface area contributed by atoms with Crippen molar-refractivity contribution in [1.82, 2.24) is 4.90 Å². The number of guanidine groups is 1. The molecular weight excluding hydrogens is 192 g/mol. The van der Waals surface area contributed by atoms with E-state index in [9.17, 15) is 4.79 Å². The van der Waals surface area contributed by atoms with Crippen LogP contribution in [0.4, 0.5) is 0 Å². The van der Waals surface area contributed by atoms with Crippen LogP contribution in [0.1, 0.15) is 26.7 Å². The van der Waals surface area contributed by atoms with E-state index in [-0.39, 0.29) is 23.3 Å². The van der Waals surface area contributed by atoms with E-state index in [1.54, 1.807) is 4.90 Å². The number of amides is 1. The van der Waals surface area contributed by atoms with Gasteiger partial charge in [-0.2, -0.15) is 0 Å². The van der Waals surface area contributed by atoms with Gasteiger partial charge in [0.05, 0.1) is 5.92 Å². The Morgan fingerprint density at radius 1 is 1.53 bits per heavy atom. The third kappa shape index (κ3) is 2.22. The topological polar surface area (TPSA) is 84.7 Å². The van der Waals surface area contributed by atoms with Gasteiger partial charge in [0.15, 0.2) is 5.96 Å². The fourth-order valence-electron chi connectivity index (χ4n) is 1.97. The van der Waals surface area contributed by atoms with Gasteiger partial charge in [0.25, 0.3) is 0 Å². The van der Waals surface area contributed by atoms with Crippen molar-refractivity contribution in [2.45, 2.75) is 32.2 Å². The summed E-state index contributed by atoms with van der Waals surface area (Å²) in [5.41, 5.74) is 10.4. The van der Waals surface area contributed by atoms with Crippen molar-refractivity contribution in [1.29, 1.82) is 0 Å². The van der Waals surface area contributed by atoms with Crippen molar-refractivity contribution >= 4 is 11.9 Å². The van der Waals surface area contributed by atoms with Crippen LogP contribution < -0.4 is 11.5 Å². The summed E-state index contributed by atoms with van der Waals surface area (Å²) in [6, 6.07) is 0. The molecule has 0 spiro atoms. The van der Waals surface area contributed by atoms with Crippen LogP contribution in [0.3, 0.4) is 0 Å². The quantitative estimate of drug-likeness (QED) is 0.295. The molecule has 1 amide bonds. The Morgan fingerprint density at radius 2 is 2.13 bits per heavy atom. The summed E-state index contributed by atoms with van der Waals surface area (Å²) in [7, 11) is 1.84. The van der Waals surface area contributed by atoms with E-state index < -0.39 is 0 Å². The number of likely N-dealkylation sites (tertiary alicyclic amines) is 1. The molecule has 15 heavy (non-hydrogen) atoms. The van der Waals surface area contributed by atoms with Crippen LogP contribution in [-0.4, -0.2) is 35.9 Å². The van der Waals surface area contributed by atoms with Gasteiger partial charge >= 0.3 is 0 Å². The molecule has 1 heterocycles. The van der Waals surface area contributed by atoms with Crippen molar-refractivity contribution in [2.75, 3.05) is 13.6 Å². The molecule has 1 aliphatic rings. The molecule has 1 aliphatic heterocycles. The highest BCUT2D eigenvalue weighted by molar-refractivity contribution is 5.87. The highest BCUT2D eigenvalue weighted by atomic mass is 16.2. The Balaban J connectivity index is 2.35. The summed E-state index contributed by atoms with van der Waals surface area (Å²) in [6.07, 6.45) is 1.71. The van der Waals surface area contributed by atoms with E-state index in [0.717, 1.165) is 12.8 Å². The molecule has 0 aromatic heterocycles. The maximum atomic E-state index is 11.5. The first kappa shape index (κ1) is 11.8. The van der Waals surface area contributed by atoms with Gasteiger partial charge in [-0.15, -0.1) is 0 Å². The minimum Gasteiger partial charge on any atom is -0.370 e. The third-order valence-electron chi connectivity index (χ3n) is 3.29. The van der Waals surface area contributed by atoms with Crippen molar-refractivity contribution in [3.05, 3.63) is 0 Å². The van der Waals surface area contributed by atoms with E-state index in [1.807, 2.05) is 7.05 Å². The monoisotopic (exact) mass is 212 g/mol. The number of nitrogens with zero attached hydrogens (tertiary/aromatic N) is 2. The molecule has 0 unspecified atom stereocenters. The Hall–Kier alpha value is -1.26. The van der Waals surface area contributed by atoms with E-state index in [4.69, 9.17) is 11.5 Å². The third-order valence-corrected chi connectivity index (χ3v) is 3.29. The Morgan fingerprint density at radius 3 is 2.60 bits per heavy atom. The summed E-state index contributed by atoms with van der Waals surface area (Å²) in [4.78, 5) is 17.2. The summed E-state index contributed by atoms with van der Waals surface area (Å²) in [5, 5.41) is 0. The molecule has 0 aromatic carbocycles. The molecule has 0 aliphatic carbocycles. The lowest BCUT2D eigenvalue weighted by molar-refractivity contribution is -0.163. The molecule has 0 saturated carbocycles. The zero-order chi connectivity index (χ0) is 11.6. The normalized spacial score (nSPS) is 23.5. The van der Waals surface area contributed by atoms with Crippen molar-refractivity contribution < 1.29 is 4.79 Å². The Labute approximate surface area is 90.5 Å². The van der Waals surface area contributed by atoms with Crippen molar-refractivity contribution in [2.24, 2.45) is 22.4 Å². The zero-order valence-electron chi connectivity index (χ0n) is 9.66. The summed E-state index contributed by atoms with van der Waals surface area (Å²) in [6.45, 7) is 4.77. The van der Waals surface area contributed by atoms with Gasteiger partial charge in [-0.1, -0.05) is 0 Å². The van der Waals surface area contributed by atoms with Gasteiger partial charge < -0.3 is 16.4 Å². The molecule has 1 saturated heterocycles. The van der Waals surface area contributed by atoms with Crippen LogP contribution in [0.5, 0.6) is 0 Å². The maximum absolute atomic E-state index is 11.5. The number of hydrogen-bond donors (Lipinski definition) is 2. The number of β-lactam (4-membered cyclic amide) rings is 1. The smallest absolute Gasteiger partial charge is 0.228 e. The maximum Gasteiger partial charge on any atom is 0.228 e. The van der Waals surface area contributed by atoms with E-state index >= 15 is 0 Å². The van der Waals surface area contributed by atoms with Crippen molar-refractivity contribution in [3.8, 4) is 0 Å². The largest absolute Gasteiger partial charge is 0.370 e. The molecule has 4 N–H and O–H groups in total. The fraction of sp³-hybridized carbons (Fsp3) is 0.800. The lowest BCUT2D eigenvalue weighted by Crippen LogP contribution is -2.65. The van der Waals surface area contributed by atoms with Gasteiger partial charge in [0, 0.05) is 19.1 Å². The number of aliphatic imine (C=N–C) groups is 1. The minimum atomic E-state index is -0.0188. The Kier molecular flexibility index (Phi) is 3.21. The predicted molar refractivity (Wildman–Crippen MR) is 60.2 cm³/mol. The minimum absolute atomic E-state index is 0.0188. The number of nitrogens with two attached hydrogens (primary N) is 2. The van der Waals surface area contributed by atoms with Gasteiger partial charge in [0.1, 0.15) is 0 Å². The summed E-state index contributed by atoms with van der Waals surface area (Å²) in [5.74, 6) is 0.465. The van der Waals surface area contributed by atoms with Gasteiger partial charge in [0.2, 0.25) is 5.91 Å². The first-order valence-electron chi connectivity index (χ1n) is 5.20. The summed E-state index contributed by atoms with van der Waals surface area (Å²) < 4.78 is 0. The molecule has 1 atom stereocenters. The summed E-state index contributed by atoms with van der Waals surface area (Å²) >= 11 is 0. The molecule has 5 nitrogen and oxygen atoms in total. The second-order valence-corrected chi connectivity index (χ2v) is 4.55. The molecule has 5 heteroatoms. The van der Waals surface area contributed by atoms with Crippen LogP contribution in [-0.2, 0) is 4.79 Å².